The van der Waals surface area contributed by atoms with E-state index in [1.165, 1.54) is 10.7 Å². The maximum atomic E-state index is 5.74. The van der Waals surface area contributed by atoms with Crippen molar-refractivity contribution in [3.63, 3.8) is 0 Å². The van der Waals surface area contributed by atoms with Crippen LogP contribution in [0.1, 0.15) is 0 Å². The lowest BCUT2D eigenvalue weighted by atomic mass is 10.2. The minimum Gasteiger partial charge on any atom is -0.491 e. The van der Waals surface area contributed by atoms with Crippen LogP contribution in [0.15, 0.2) is 21.6 Å². The molecule has 16 heavy (non-hydrogen) atoms. The van der Waals surface area contributed by atoms with E-state index < -0.39 is 0 Å². The molecule has 0 radical (unpaired) electrons. The highest BCUT2D eigenvalue weighted by Crippen LogP contribution is 2.41. The third kappa shape index (κ3) is 1.50. The summed E-state index contributed by atoms with van der Waals surface area (Å²) >= 11 is 5.22. The van der Waals surface area contributed by atoms with Gasteiger partial charge in [0.1, 0.15) is 12.4 Å². The minimum atomic E-state index is 0.702. The molecule has 0 fully saturated rings. The molecule has 1 aromatic heterocycles. The Morgan fingerprint density at radius 2 is 2.31 bits per heavy atom. The van der Waals surface area contributed by atoms with Gasteiger partial charge in [-0.3, -0.25) is 0 Å². The van der Waals surface area contributed by atoms with Crippen LogP contribution >= 0.6 is 27.7 Å². The maximum Gasteiger partial charge on any atom is 0.132 e. The molecule has 0 unspecified atom stereocenters. The molecule has 2 N–H and O–H groups in total. The molecular weight excluding hydrogens is 288 g/mol. The molecule has 5 heteroatoms. The van der Waals surface area contributed by atoms with Crippen LogP contribution in [-0.2, 0) is 0 Å². The monoisotopic (exact) mass is 298 g/mol. The van der Waals surface area contributed by atoms with Gasteiger partial charge in [-0.15, -0.1) is 11.8 Å². The smallest absolute Gasteiger partial charge is 0.132 e. The normalized spacial score (nSPS) is 14.4. The molecule has 3 nitrogen and oxygen atoms in total. The van der Waals surface area contributed by atoms with Crippen molar-refractivity contribution in [2.75, 3.05) is 24.7 Å². The van der Waals surface area contributed by atoms with Gasteiger partial charge in [-0.1, -0.05) is 15.9 Å². The van der Waals surface area contributed by atoms with Crippen molar-refractivity contribution < 1.29 is 4.74 Å². The third-order valence-corrected chi connectivity index (χ3v) is 3.83. The largest absolute Gasteiger partial charge is 0.491 e. The van der Waals surface area contributed by atoms with Gasteiger partial charge in [0.25, 0.3) is 0 Å². The minimum absolute atomic E-state index is 0.702. The molecule has 84 valence electrons. The van der Waals surface area contributed by atoms with Gasteiger partial charge in [0.05, 0.1) is 21.6 Å². The van der Waals surface area contributed by atoms with Gasteiger partial charge in [0.15, 0.2) is 0 Å². The van der Waals surface area contributed by atoms with Crippen molar-refractivity contribution >= 4 is 44.3 Å². The van der Waals surface area contributed by atoms with Crippen molar-refractivity contribution in [3.05, 3.63) is 16.6 Å². The number of anilines is 1. The lowest BCUT2D eigenvalue weighted by Gasteiger charge is -2.04. The summed E-state index contributed by atoms with van der Waals surface area (Å²) in [5.74, 6) is 0.945. The number of nitrogens with one attached hydrogen (secondary N) is 2. The predicted octanol–water partition coefficient (Wildman–Crippen LogP) is 3.46. The second kappa shape index (κ2) is 3.89. The van der Waals surface area contributed by atoms with Gasteiger partial charge in [0.2, 0.25) is 0 Å². The fourth-order valence-electron chi connectivity index (χ4n) is 2.01. The lowest BCUT2D eigenvalue weighted by Crippen LogP contribution is -2.08. The van der Waals surface area contributed by atoms with Crippen molar-refractivity contribution in [3.8, 4) is 5.75 Å². The fraction of sp³-hybridized carbons (Fsp3) is 0.273. The second-order valence-corrected chi connectivity index (χ2v) is 5.37. The van der Waals surface area contributed by atoms with Crippen LogP contribution in [0.2, 0.25) is 0 Å². The highest BCUT2D eigenvalue weighted by Gasteiger charge is 2.18. The summed E-state index contributed by atoms with van der Waals surface area (Å²) in [6, 6.07) is 4.11. The van der Waals surface area contributed by atoms with Gasteiger partial charge < -0.3 is 15.0 Å². The number of ether oxygens (including phenoxy) is 1. The molecule has 0 saturated heterocycles. The van der Waals surface area contributed by atoms with E-state index in [0.717, 1.165) is 27.7 Å². The van der Waals surface area contributed by atoms with E-state index in [1.807, 2.05) is 6.07 Å². The molecule has 0 aliphatic carbocycles. The Morgan fingerprint density at radius 1 is 1.44 bits per heavy atom. The third-order valence-electron chi connectivity index (χ3n) is 2.66. The standard InChI is InChI=1S/C11H11BrN2OS/c1-16-11-10-9-7(14-11)4-6(12)5-8(9)15-3-2-13-10/h4-5,13-14H,2-3H2,1H3. The van der Waals surface area contributed by atoms with Gasteiger partial charge in [-0.25, -0.2) is 0 Å². The molecule has 3 rings (SSSR count). The molecule has 0 bridgehead atoms. The van der Waals surface area contributed by atoms with Crippen molar-refractivity contribution in [1.82, 2.24) is 4.98 Å². The number of rotatable bonds is 1. The molecule has 0 spiro atoms. The molecule has 0 amide bonds. The quantitative estimate of drug-likeness (QED) is 0.792. The number of halogens is 1. The molecule has 1 aliphatic rings. The Kier molecular flexibility index (Phi) is 2.52. The summed E-state index contributed by atoms with van der Waals surface area (Å²) in [4.78, 5) is 3.40. The molecular formula is C11H11BrN2OS. The summed E-state index contributed by atoms with van der Waals surface area (Å²) in [5.41, 5.74) is 2.28. The first-order valence-electron chi connectivity index (χ1n) is 5.05. The fourth-order valence-corrected chi connectivity index (χ4v) is 3.04. The molecule has 0 saturated carbocycles. The van der Waals surface area contributed by atoms with E-state index in [2.05, 4.69) is 38.6 Å². The first-order chi connectivity index (χ1) is 7.79. The zero-order chi connectivity index (χ0) is 11.1. The molecule has 1 aliphatic heterocycles. The summed E-state index contributed by atoms with van der Waals surface area (Å²) in [7, 11) is 0. The SMILES string of the molecule is CSc1[nH]c2cc(Br)cc3c2c1NCCO3. The Hall–Kier alpha value is -0.810. The molecule has 2 aromatic rings. The van der Waals surface area contributed by atoms with Crippen LogP contribution in [0.4, 0.5) is 5.69 Å². The first kappa shape index (κ1) is 10.4. The van der Waals surface area contributed by atoms with Crippen molar-refractivity contribution in [2.45, 2.75) is 5.03 Å². The second-order valence-electron chi connectivity index (χ2n) is 3.63. The maximum absolute atomic E-state index is 5.74. The Labute approximate surface area is 106 Å². The van der Waals surface area contributed by atoms with Gasteiger partial charge in [-0.05, 0) is 18.4 Å². The number of thioether (sulfide) groups is 1. The lowest BCUT2D eigenvalue weighted by molar-refractivity contribution is 0.339. The number of hydrogen-bond acceptors (Lipinski definition) is 3. The number of hydrogen-bond donors (Lipinski definition) is 2. The average Bonchev–Trinajstić information content (AvgIpc) is 2.47. The summed E-state index contributed by atoms with van der Waals surface area (Å²) in [6.07, 6.45) is 2.07. The van der Waals surface area contributed by atoms with Gasteiger partial charge in [0, 0.05) is 11.0 Å². The number of aromatic amines is 1. The van der Waals surface area contributed by atoms with Gasteiger partial charge in [-0.2, -0.15) is 0 Å². The van der Waals surface area contributed by atoms with Crippen molar-refractivity contribution in [1.29, 1.82) is 0 Å². The van der Waals surface area contributed by atoms with E-state index in [1.54, 1.807) is 11.8 Å². The molecule has 0 atom stereocenters. The molecule has 2 heterocycles. The average molecular weight is 299 g/mol. The Morgan fingerprint density at radius 3 is 3.12 bits per heavy atom. The van der Waals surface area contributed by atoms with Crippen LogP contribution in [0, 0.1) is 0 Å². The predicted molar refractivity (Wildman–Crippen MR) is 71.8 cm³/mol. The zero-order valence-corrected chi connectivity index (χ0v) is 11.2. The zero-order valence-electron chi connectivity index (χ0n) is 8.76. The van der Waals surface area contributed by atoms with Crippen LogP contribution in [0.5, 0.6) is 5.75 Å². The van der Waals surface area contributed by atoms with E-state index in [0.29, 0.717) is 6.61 Å². The Bertz CT molecular complexity index is 552. The van der Waals surface area contributed by atoms with E-state index >= 15 is 0 Å². The summed E-state index contributed by atoms with van der Waals surface area (Å²) in [6.45, 7) is 1.54. The molecule has 1 aromatic carbocycles. The van der Waals surface area contributed by atoms with Crippen molar-refractivity contribution in [2.24, 2.45) is 0 Å². The number of benzene rings is 1. The number of H-pyrrole nitrogens is 1. The summed E-state index contributed by atoms with van der Waals surface area (Å²) in [5, 5.41) is 5.74. The Balaban J connectivity index is 2.37. The van der Waals surface area contributed by atoms with Crippen LogP contribution in [0.25, 0.3) is 10.9 Å². The highest BCUT2D eigenvalue weighted by atomic mass is 79.9. The van der Waals surface area contributed by atoms with E-state index in [-0.39, 0.29) is 0 Å². The van der Waals surface area contributed by atoms with Gasteiger partial charge >= 0.3 is 0 Å². The van der Waals surface area contributed by atoms with Crippen LogP contribution in [-0.4, -0.2) is 24.4 Å². The van der Waals surface area contributed by atoms with E-state index in [4.69, 9.17) is 4.74 Å². The first-order valence-corrected chi connectivity index (χ1v) is 7.07. The van der Waals surface area contributed by atoms with E-state index in [9.17, 15) is 0 Å². The van der Waals surface area contributed by atoms with Crippen LogP contribution < -0.4 is 10.1 Å². The number of aromatic nitrogens is 1. The highest BCUT2D eigenvalue weighted by molar-refractivity contribution is 9.10. The topological polar surface area (TPSA) is 37.0 Å². The van der Waals surface area contributed by atoms with Crippen LogP contribution in [0.3, 0.4) is 0 Å². The summed E-state index contributed by atoms with van der Waals surface area (Å²) < 4.78 is 6.78.